The Morgan fingerprint density at radius 1 is 1.46 bits per heavy atom. The fourth-order valence-electron chi connectivity index (χ4n) is 3.59. The van der Waals surface area contributed by atoms with Gasteiger partial charge in [-0.3, -0.25) is 0 Å². The van der Waals surface area contributed by atoms with E-state index in [1.165, 1.54) is 0 Å². The van der Waals surface area contributed by atoms with Crippen LogP contribution in [0, 0.1) is 16.7 Å². The molecule has 24 heavy (non-hydrogen) atoms. The Balaban J connectivity index is 1.78. The Labute approximate surface area is 146 Å². The predicted molar refractivity (Wildman–Crippen MR) is 91.9 cm³/mol. The molecule has 0 aliphatic carbocycles. The van der Waals surface area contributed by atoms with Crippen LogP contribution in [0.25, 0.3) is 10.9 Å². The van der Waals surface area contributed by atoms with Crippen LogP contribution in [-0.4, -0.2) is 34.5 Å². The summed E-state index contributed by atoms with van der Waals surface area (Å²) in [7, 11) is 0. The second-order valence-corrected chi connectivity index (χ2v) is 7.34. The van der Waals surface area contributed by atoms with Crippen molar-refractivity contribution in [1.29, 1.82) is 5.26 Å². The summed E-state index contributed by atoms with van der Waals surface area (Å²) in [6, 6.07) is 4.28. The zero-order valence-electron chi connectivity index (χ0n) is 13.7. The van der Waals surface area contributed by atoms with Crippen LogP contribution < -0.4 is 4.90 Å². The van der Waals surface area contributed by atoms with E-state index in [2.05, 4.69) is 16.0 Å². The van der Waals surface area contributed by atoms with Crippen LogP contribution in [0.15, 0.2) is 12.3 Å². The number of pyridine rings is 1. The van der Waals surface area contributed by atoms with Crippen molar-refractivity contribution in [2.75, 3.05) is 24.6 Å². The Hall–Kier alpha value is -1.84. The average Bonchev–Trinajstić information content (AvgIpc) is 3.17. The number of nitriles is 1. The summed E-state index contributed by atoms with van der Waals surface area (Å²) >= 11 is 6.12. The second kappa shape index (κ2) is 5.91. The lowest BCUT2D eigenvalue weighted by atomic mass is 9.92. The molecule has 2 fully saturated rings. The van der Waals surface area contributed by atoms with Gasteiger partial charge in [0.2, 0.25) is 0 Å². The van der Waals surface area contributed by atoms with Gasteiger partial charge in [0.1, 0.15) is 5.15 Å². The molecule has 0 N–H and O–H groups in total. The van der Waals surface area contributed by atoms with Crippen molar-refractivity contribution in [3.8, 4) is 6.07 Å². The molecule has 2 saturated heterocycles. The molecule has 2 aromatic rings. The molecular weight excluding hydrogens is 326 g/mol. The highest BCUT2D eigenvalue weighted by Gasteiger charge is 2.36. The minimum atomic E-state index is -0.322. The summed E-state index contributed by atoms with van der Waals surface area (Å²) in [5.74, 6) is 0.877. The van der Waals surface area contributed by atoms with Gasteiger partial charge in [0, 0.05) is 32.0 Å². The van der Waals surface area contributed by atoms with Crippen LogP contribution in [0.1, 0.15) is 38.8 Å². The van der Waals surface area contributed by atoms with Crippen molar-refractivity contribution in [2.24, 2.45) is 5.41 Å². The molecule has 2 unspecified atom stereocenters. The summed E-state index contributed by atoms with van der Waals surface area (Å²) in [5.41, 5.74) is 0.625. The minimum absolute atomic E-state index is 0.0570. The quantitative estimate of drug-likeness (QED) is 0.779. The highest BCUT2D eigenvalue weighted by molar-refractivity contribution is 6.30. The van der Waals surface area contributed by atoms with Gasteiger partial charge < -0.3 is 9.64 Å². The Morgan fingerprint density at radius 2 is 2.33 bits per heavy atom. The number of hydrogen-bond donors (Lipinski definition) is 0. The van der Waals surface area contributed by atoms with Gasteiger partial charge in [-0.05, 0) is 32.6 Å². The molecule has 0 spiro atoms. The number of aromatic nitrogens is 3. The lowest BCUT2D eigenvalue weighted by Crippen LogP contribution is -2.25. The van der Waals surface area contributed by atoms with E-state index in [1.54, 1.807) is 6.20 Å². The molecule has 0 amide bonds. The maximum absolute atomic E-state index is 9.40. The van der Waals surface area contributed by atoms with Gasteiger partial charge in [0.25, 0.3) is 0 Å². The van der Waals surface area contributed by atoms with Crippen LogP contribution in [-0.2, 0) is 4.74 Å². The first-order valence-corrected chi connectivity index (χ1v) is 8.79. The summed E-state index contributed by atoms with van der Waals surface area (Å²) in [6.45, 7) is 4.27. The monoisotopic (exact) mass is 345 g/mol. The molecule has 126 valence electrons. The molecule has 2 aliphatic rings. The molecule has 2 aliphatic heterocycles. The summed E-state index contributed by atoms with van der Waals surface area (Å²) in [4.78, 5) is 6.41. The highest BCUT2D eigenvalue weighted by atomic mass is 35.5. The van der Waals surface area contributed by atoms with E-state index in [1.807, 2.05) is 17.7 Å². The lowest BCUT2D eigenvalue weighted by molar-refractivity contribution is -0.0365. The topological polar surface area (TPSA) is 67.0 Å². The fraction of sp³-hybridized carbons (Fsp3) is 0.588. The molecule has 0 radical (unpaired) electrons. The average molecular weight is 346 g/mol. The molecule has 0 bridgehead atoms. The molecule has 2 atom stereocenters. The van der Waals surface area contributed by atoms with Crippen LogP contribution in [0.3, 0.4) is 0 Å². The smallest absolute Gasteiger partial charge is 0.160 e. The zero-order chi connectivity index (χ0) is 16.7. The first-order chi connectivity index (χ1) is 11.6. The summed E-state index contributed by atoms with van der Waals surface area (Å²) < 4.78 is 7.86. The number of nitrogens with zero attached hydrogens (tertiary/aromatic N) is 5. The van der Waals surface area contributed by atoms with E-state index in [-0.39, 0.29) is 11.6 Å². The number of halogens is 1. The maximum atomic E-state index is 9.40. The third-order valence-corrected chi connectivity index (χ3v) is 5.22. The zero-order valence-corrected chi connectivity index (χ0v) is 14.5. The summed E-state index contributed by atoms with van der Waals surface area (Å²) in [6.07, 6.45) is 5.75. The van der Waals surface area contributed by atoms with Crippen molar-refractivity contribution in [1.82, 2.24) is 14.8 Å². The fourth-order valence-corrected chi connectivity index (χ4v) is 3.75. The molecular formula is C17H20ClN5O. The number of ether oxygens (including phenoxy) is 1. The molecule has 0 aromatic carbocycles. The van der Waals surface area contributed by atoms with E-state index in [4.69, 9.17) is 21.4 Å². The molecule has 4 heterocycles. The van der Waals surface area contributed by atoms with Crippen LogP contribution >= 0.6 is 11.6 Å². The van der Waals surface area contributed by atoms with E-state index < -0.39 is 0 Å². The Kier molecular flexibility index (Phi) is 3.86. The van der Waals surface area contributed by atoms with E-state index in [0.29, 0.717) is 11.7 Å². The van der Waals surface area contributed by atoms with Crippen molar-refractivity contribution < 1.29 is 4.74 Å². The highest BCUT2D eigenvalue weighted by Crippen LogP contribution is 2.37. The van der Waals surface area contributed by atoms with E-state index in [9.17, 15) is 5.26 Å². The molecule has 4 rings (SSSR count). The molecule has 2 aromatic heterocycles. The van der Waals surface area contributed by atoms with Crippen molar-refractivity contribution in [3.05, 3.63) is 17.4 Å². The Morgan fingerprint density at radius 3 is 3.04 bits per heavy atom. The lowest BCUT2D eigenvalue weighted by Gasteiger charge is -2.23. The summed E-state index contributed by atoms with van der Waals surface area (Å²) in [5, 5.41) is 15.7. The van der Waals surface area contributed by atoms with Crippen molar-refractivity contribution >= 4 is 28.3 Å². The van der Waals surface area contributed by atoms with Gasteiger partial charge in [-0.25, -0.2) is 9.67 Å². The van der Waals surface area contributed by atoms with Crippen LogP contribution in [0.5, 0.6) is 0 Å². The van der Waals surface area contributed by atoms with E-state index >= 15 is 0 Å². The van der Waals surface area contributed by atoms with E-state index in [0.717, 1.165) is 55.6 Å². The third-order valence-electron chi connectivity index (χ3n) is 5.01. The minimum Gasteiger partial charge on any atom is -0.356 e. The standard InChI is InChI=1S/C17H20ClN5O/c1-17(10-19)5-6-22(11-17)16-12-9-20-14(18)8-13(12)23(21-16)15-4-2-3-7-24-15/h8-9,15H,2-7,11H2,1H3. The van der Waals surface area contributed by atoms with Gasteiger partial charge in [-0.2, -0.15) is 10.4 Å². The van der Waals surface area contributed by atoms with Crippen molar-refractivity contribution in [2.45, 2.75) is 38.8 Å². The van der Waals surface area contributed by atoms with Crippen molar-refractivity contribution in [3.63, 3.8) is 0 Å². The molecule has 0 saturated carbocycles. The molecule has 7 heteroatoms. The number of fused-ring (bicyclic) bond motifs is 1. The van der Waals surface area contributed by atoms with Crippen LogP contribution in [0.2, 0.25) is 5.15 Å². The van der Waals surface area contributed by atoms with Gasteiger partial charge in [-0.15, -0.1) is 0 Å². The van der Waals surface area contributed by atoms with Gasteiger partial charge >= 0.3 is 0 Å². The number of anilines is 1. The van der Waals surface area contributed by atoms with Gasteiger partial charge in [-0.1, -0.05) is 11.6 Å². The SMILES string of the molecule is CC1(C#N)CCN(c2nn(C3CCCCO3)c3cc(Cl)ncc23)C1. The maximum Gasteiger partial charge on any atom is 0.160 e. The molecule has 6 nitrogen and oxygen atoms in total. The third kappa shape index (κ3) is 2.62. The Bertz CT molecular complexity index is 807. The normalized spacial score (nSPS) is 27.5. The largest absolute Gasteiger partial charge is 0.356 e. The first kappa shape index (κ1) is 15.7. The van der Waals surface area contributed by atoms with Crippen LogP contribution in [0.4, 0.5) is 5.82 Å². The first-order valence-electron chi connectivity index (χ1n) is 8.41. The number of hydrogen-bond acceptors (Lipinski definition) is 5. The predicted octanol–water partition coefficient (Wildman–Crippen LogP) is 3.52. The second-order valence-electron chi connectivity index (χ2n) is 6.96. The van der Waals surface area contributed by atoms with Gasteiger partial charge in [0.05, 0.1) is 22.4 Å². The van der Waals surface area contributed by atoms with Gasteiger partial charge in [0.15, 0.2) is 12.0 Å². The number of rotatable bonds is 2.